The number of esters is 1. The van der Waals surface area contributed by atoms with Gasteiger partial charge in [0.15, 0.2) is 12.4 Å². The number of imide groups is 1. The molecular formula is C25H20N2O7. The lowest BCUT2D eigenvalue weighted by Gasteiger charge is -2.19. The van der Waals surface area contributed by atoms with Crippen LogP contribution in [0.2, 0.25) is 0 Å². The van der Waals surface area contributed by atoms with Crippen LogP contribution < -0.4 is 4.90 Å². The number of anilines is 1. The van der Waals surface area contributed by atoms with Crippen molar-refractivity contribution < 1.29 is 28.8 Å². The first-order valence-corrected chi connectivity index (χ1v) is 10.9. The number of Topliss-reactive ketones (excluding diaryl/α,β-unsaturated/α-hetero) is 1. The van der Waals surface area contributed by atoms with Crippen LogP contribution in [-0.2, 0) is 14.3 Å². The van der Waals surface area contributed by atoms with E-state index >= 15 is 0 Å². The minimum atomic E-state index is -0.740. The van der Waals surface area contributed by atoms with Gasteiger partial charge in [-0.05, 0) is 61.6 Å². The second-order valence-electron chi connectivity index (χ2n) is 8.83. The molecule has 5 rings (SSSR count). The molecule has 4 atom stereocenters. The van der Waals surface area contributed by atoms with Crippen molar-refractivity contribution >= 4 is 34.9 Å². The van der Waals surface area contributed by atoms with Gasteiger partial charge in [0.1, 0.15) is 0 Å². The highest BCUT2D eigenvalue weighted by Gasteiger charge is 2.60. The monoisotopic (exact) mass is 460 g/mol. The predicted molar refractivity (Wildman–Crippen MR) is 119 cm³/mol. The maximum atomic E-state index is 13.0. The lowest BCUT2D eigenvalue weighted by molar-refractivity contribution is -0.384. The van der Waals surface area contributed by atoms with Crippen LogP contribution in [0.5, 0.6) is 0 Å². The molecular weight excluding hydrogens is 440 g/mol. The Labute approximate surface area is 194 Å². The molecule has 0 unspecified atom stereocenters. The molecule has 0 spiro atoms. The highest BCUT2D eigenvalue weighted by molar-refractivity contribution is 6.23. The summed E-state index contributed by atoms with van der Waals surface area (Å²) in [6.07, 6.45) is 2.97. The summed E-state index contributed by atoms with van der Waals surface area (Å²) in [5.41, 5.74) is 1.78. The quantitative estimate of drug-likeness (QED) is 0.162. The van der Waals surface area contributed by atoms with Gasteiger partial charge in [0.2, 0.25) is 11.8 Å². The molecule has 1 saturated carbocycles. The number of amides is 2. The SMILES string of the molecule is CC1=C[C@H]2C[C@H]1[C@H]1C(=O)N(c3ccc(C(=O)OCC(=O)c4ccc([N+](=O)[O-])cc4)cc3)C(=O)[C@H]12. The topological polar surface area (TPSA) is 124 Å². The first-order valence-electron chi connectivity index (χ1n) is 10.9. The standard InChI is InChI=1S/C25H20N2O7/c1-13-10-16-11-19(13)22-21(16)23(29)26(24(22)30)17-6-4-15(5-7-17)25(31)34-12-20(28)14-2-8-18(9-3-14)27(32)33/h2-10,16,19,21-22H,11-12H2,1H3/t16-,19+,21-,22+/m0/s1. The molecule has 3 aliphatic rings. The molecule has 1 heterocycles. The summed E-state index contributed by atoms with van der Waals surface area (Å²) in [6.45, 7) is 1.48. The predicted octanol–water partition coefficient (Wildman–Crippen LogP) is 3.34. The number of ether oxygens (including phenoxy) is 1. The van der Waals surface area contributed by atoms with E-state index in [1.807, 2.05) is 6.92 Å². The van der Waals surface area contributed by atoms with Crippen molar-refractivity contribution in [2.45, 2.75) is 13.3 Å². The fourth-order valence-electron chi connectivity index (χ4n) is 5.34. The molecule has 2 amide bonds. The van der Waals surface area contributed by atoms with Crippen molar-refractivity contribution in [2.75, 3.05) is 11.5 Å². The molecule has 0 N–H and O–H groups in total. The van der Waals surface area contributed by atoms with Gasteiger partial charge in [-0.15, -0.1) is 0 Å². The Kier molecular flexibility index (Phi) is 5.11. The first-order chi connectivity index (χ1) is 16.3. The minimum absolute atomic E-state index is 0.110. The van der Waals surface area contributed by atoms with Crippen molar-refractivity contribution in [1.29, 1.82) is 0 Å². The fourth-order valence-corrected chi connectivity index (χ4v) is 5.34. The summed E-state index contributed by atoms with van der Waals surface area (Å²) in [5.74, 6) is -2.02. The highest BCUT2D eigenvalue weighted by atomic mass is 16.6. The number of fused-ring (bicyclic) bond motifs is 5. The average Bonchev–Trinajstić information content (AvgIpc) is 3.47. The number of hydrogen-bond donors (Lipinski definition) is 0. The number of carbonyl (C=O) groups excluding carboxylic acids is 4. The first kappa shape index (κ1) is 21.7. The van der Waals surface area contributed by atoms with Gasteiger partial charge in [0, 0.05) is 17.7 Å². The van der Waals surface area contributed by atoms with Crippen molar-refractivity contribution in [2.24, 2.45) is 23.7 Å². The van der Waals surface area contributed by atoms with Crippen molar-refractivity contribution in [3.05, 3.63) is 81.4 Å². The van der Waals surface area contributed by atoms with Crippen molar-refractivity contribution in [1.82, 2.24) is 0 Å². The number of nitro benzene ring substituents is 1. The molecule has 34 heavy (non-hydrogen) atoms. The van der Waals surface area contributed by atoms with Crippen molar-refractivity contribution in [3.63, 3.8) is 0 Å². The summed E-state index contributed by atoms with van der Waals surface area (Å²) in [5, 5.41) is 10.7. The molecule has 2 fully saturated rings. The van der Waals surface area contributed by atoms with Gasteiger partial charge in [0.25, 0.3) is 5.69 Å². The molecule has 1 aliphatic heterocycles. The molecule has 0 radical (unpaired) electrons. The van der Waals surface area contributed by atoms with Crippen LogP contribution in [0, 0.1) is 33.8 Å². The van der Waals surface area contributed by atoms with E-state index in [2.05, 4.69) is 6.08 Å². The molecule has 172 valence electrons. The van der Waals surface area contributed by atoms with E-state index < -0.39 is 23.3 Å². The van der Waals surface area contributed by atoms with E-state index in [0.29, 0.717) is 5.69 Å². The minimum Gasteiger partial charge on any atom is -0.454 e. The Hall–Kier alpha value is -4.14. The van der Waals surface area contributed by atoms with Gasteiger partial charge in [-0.25, -0.2) is 4.79 Å². The van der Waals surface area contributed by atoms with E-state index in [0.717, 1.165) is 6.42 Å². The highest BCUT2D eigenvalue weighted by Crippen LogP contribution is 2.55. The molecule has 2 aliphatic carbocycles. The van der Waals surface area contributed by atoms with Crippen LogP contribution in [0.15, 0.2) is 60.2 Å². The van der Waals surface area contributed by atoms with Crippen LogP contribution in [0.3, 0.4) is 0 Å². The largest absolute Gasteiger partial charge is 0.454 e. The summed E-state index contributed by atoms with van der Waals surface area (Å²) >= 11 is 0. The maximum absolute atomic E-state index is 13.0. The molecule has 2 aromatic carbocycles. The van der Waals surface area contributed by atoms with E-state index in [-0.39, 0.29) is 52.3 Å². The maximum Gasteiger partial charge on any atom is 0.338 e. The number of non-ortho nitro benzene ring substituents is 1. The Morgan fingerprint density at radius 1 is 1.00 bits per heavy atom. The van der Waals surface area contributed by atoms with E-state index in [1.165, 1.54) is 59.0 Å². The van der Waals surface area contributed by atoms with Gasteiger partial charge in [-0.1, -0.05) is 11.6 Å². The lowest BCUT2D eigenvalue weighted by atomic mass is 9.82. The number of nitrogens with zero attached hydrogens (tertiary/aromatic N) is 2. The second-order valence-corrected chi connectivity index (χ2v) is 8.83. The zero-order chi connectivity index (χ0) is 24.1. The number of rotatable bonds is 6. The summed E-state index contributed by atoms with van der Waals surface area (Å²) in [6, 6.07) is 10.9. The Morgan fingerprint density at radius 2 is 1.62 bits per heavy atom. The molecule has 2 bridgehead atoms. The number of benzene rings is 2. The Morgan fingerprint density at radius 3 is 2.26 bits per heavy atom. The van der Waals surface area contributed by atoms with Gasteiger partial charge >= 0.3 is 5.97 Å². The second kappa shape index (κ2) is 8.02. The molecule has 0 aromatic heterocycles. The number of ketones is 1. The summed E-state index contributed by atoms with van der Waals surface area (Å²) in [7, 11) is 0. The fraction of sp³-hybridized carbons (Fsp3) is 0.280. The summed E-state index contributed by atoms with van der Waals surface area (Å²) < 4.78 is 5.06. The third-order valence-corrected chi connectivity index (χ3v) is 6.98. The van der Waals surface area contributed by atoms with E-state index in [1.54, 1.807) is 0 Å². The normalized spacial score (nSPS) is 24.7. The third-order valence-electron chi connectivity index (χ3n) is 6.98. The number of allylic oxidation sites excluding steroid dienone is 2. The molecule has 2 aromatic rings. The van der Waals surface area contributed by atoms with Gasteiger partial charge < -0.3 is 4.74 Å². The van der Waals surface area contributed by atoms with Crippen LogP contribution in [0.4, 0.5) is 11.4 Å². The number of hydrogen-bond acceptors (Lipinski definition) is 7. The smallest absolute Gasteiger partial charge is 0.338 e. The van der Waals surface area contributed by atoms with Crippen LogP contribution in [0.25, 0.3) is 0 Å². The number of carbonyl (C=O) groups is 4. The lowest BCUT2D eigenvalue weighted by Crippen LogP contribution is -2.32. The van der Waals surface area contributed by atoms with Gasteiger partial charge in [0.05, 0.1) is 28.0 Å². The van der Waals surface area contributed by atoms with Crippen molar-refractivity contribution in [3.8, 4) is 0 Å². The van der Waals surface area contributed by atoms with Crippen LogP contribution in [-0.4, -0.2) is 35.1 Å². The molecule has 9 heteroatoms. The zero-order valence-corrected chi connectivity index (χ0v) is 18.2. The van der Waals surface area contributed by atoms with Gasteiger partial charge in [-0.3, -0.25) is 29.4 Å². The van der Waals surface area contributed by atoms with Crippen LogP contribution >= 0.6 is 0 Å². The van der Waals surface area contributed by atoms with E-state index in [9.17, 15) is 29.3 Å². The number of nitro groups is 1. The molecule has 1 saturated heterocycles. The summed E-state index contributed by atoms with van der Waals surface area (Å²) in [4.78, 5) is 61.9. The van der Waals surface area contributed by atoms with E-state index in [4.69, 9.17) is 4.74 Å². The molecule has 9 nitrogen and oxygen atoms in total. The van der Waals surface area contributed by atoms with Crippen LogP contribution in [0.1, 0.15) is 34.1 Å². The Bertz CT molecular complexity index is 1260. The van der Waals surface area contributed by atoms with Gasteiger partial charge in [-0.2, -0.15) is 0 Å². The zero-order valence-electron chi connectivity index (χ0n) is 18.2. The third kappa shape index (κ3) is 3.40. The Balaban J connectivity index is 1.23. The average molecular weight is 460 g/mol.